The van der Waals surface area contributed by atoms with E-state index in [1.807, 2.05) is 6.92 Å². The second-order valence-corrected chi connectivity index (χ2v) is 6.96. The van der Waals surface area contributed by atoms with Gasteiger partial charge >= 0.3 is 5.97 Å². The number of nitrogens with zero attached hydrogens (tertiary/aromatic N) is 1. The van der Waals surface area contributed by atoms with Crippen LogP contribution in [0.15, 0.2) is 0 Å². The van der Waals surface area contributed by atoms with E-state index in [4.69, 9.17) is 0 Å². The van der Waals surface area contributed by atoms with Crippen LogP contribution in [0.5, 0.6) is 0 Å². The van der Waals surface area contributed by atoms with Gasteiger partial charge < -0.3 is 10.0 Å². The van der Waals surface area contributed by atoms with Crippen LogP contribution in [0, 0.1) is 17.3 Å². The molecule has 0 spiro atoms. The highest BCUT2D eigenvalue weighted by molar-refractivity contribution is 5.84. The van der Waals surface area contributed by atoms with Crippen LogP contribution in [0.1, 0.15) is 53.9 Å². The third-order valence-electron chi connectivity index (χ3n) is 4.47. The van der Waals surface area contributed by atoms with Gasteiger partial charge in [-0.1, -0.05) is 34.6 Å². The minimum absolute atomic E-state index is 0.0126. The molecule has 0 saturated carbocycles. The minimum Gasteiger partial charge on any atom is -0.480 e. The van der Waals surface area contributed by atoms with Crippen LogP contribution < -0.4 is 0 Å². The van der Waals surface area contributed by atoms with E-state index < -0.39 is 12.0 Å². The zero-order valence-electron chi connectivity index (χ0n) is 12.8. The number of carboxylic acid groups (broad SMARTS) is 1. The second kappa shape index (κ2) is 5.93. The molecule has 4 heteroatoms. The van der Waals surface area contributed by atoms with Crippen LogP contribution in [-0.4, -0.2) is 34.5 Å². The monoisotopic (exact) mass is 269 g/mol. The minimum atomic E-state index is -0.871. The van der Waals surface area contributed by atoms with Gasteiger partial charge in [-0.25, -0.2) is 4.79 Å². The quantitative estimate of drug-likeness (QED) is 0.857. The summed E-state index contributed by atoms with van der Waals surface area (Å²) in [4.78, 5) is 25.3. The summed E-state index contributed by atoms with van der Waals surface area (Å²) >= 11 is 0. The number of hydrogen-bond acceptors (Lipinski definition) is 2. The van der Waals surface area contributed by atoms with E-state index in [-0.39, 0.29) is 23.2 Å². The van der Waals surface area contributed by atoms with Gasteiger partial charge in [0.15, 0.2) is 0 Å². The van der Waals surface area contributed by atoms with Crippen molar-refractivity contribution in [2.75, 3.05) is 6.54 Å². The van der Waals surface area contributed by atoms with Gasteiger partial charge in [0, 0.05) is 13.0 Å². The van der Waals surface area contributed by atoms with Crippen LogP contribution in [0.25, 0.3) is 0 Å². The summed E-state index contributed by atoms with van der Waals surface area (Å²) in [5, 5.41) is 9.33. The molecule has 3 atom stereocenters. The molecule has 0 aliphatic carbocycles. The number of likely N-dealkylation sites (tertiary alicyclic amines) is 1. The van der Waals surface area contributed by atoms with E-state index in [1.54, 1.807) is 4.90 Å². The zero-order valence-corrected chi connectivity index (χ0v) is 12.8. The van der Waals surface area contributed by atoms with Crippen molar-refractivity contribution in [1.29, 1.82) is 0 Å². The average molecular weight is 269 g/mol. The zero-order chi connectivity index (χ0) is 14.8. The summed E-state index contributed by atoms with van der Waals surface area (Å²) in [6, 6.07) is -0.645. The summed E-state index contributed by atoms with van der Waals surface area (Å²) < 4.78 is 0. The Bertz CT molecular complexity index is 346. The number of carbonyl (C=O) groups is 2. The Kier molecular flexibility index (Phi) is 4.99. The van der Waals surface area contributed by atoms with E-state index in [9.17, 15) is 14.7 Å². The highest BCUT2D eigenvalue weighted by Crippen LogP contribution is 2.30. The summed E-state index contributed by atoms with van der Waals surface area (Å²) in [6.45, 7) is 10.9. The summed E-state index contributed by atoms with van der Waals surface area (Å²) in [7, 11) is 0. The molecule has 1 fully saturated rings. The molecule has 0 aromatic heterocycles. The van der Waals surface area contributed by atoms with Crippen LogP contribution >= 0.6 is 0 Å². The molecule has 1 rings (SSSR count). The Balaban J connectivity index is 2.76. The van der Waals surface area contributed by atoms with Gasteiger partial charge in [0.1, 0.15) is 6.04 Å². The number of piperidine rings is 1. The second-order valence-electron chi connectivity index (χ2n) is 6.96. The Morgan fingerprint density at radius 1 is 1.37 bits per heavy atom. The van der Waals surface area contributed by atoms with Crippen molar-refractivity contribution < 1.29 is 14.7 Å². The maximum absolute atomic E-state index is 12.4. The highest BCUT2D eigenvalue weighted by Gasteiger charge is 2.37. The smallest absolute Gasteiger partial charge is 0.326 e. The molecule has 19 heavy (non-hydrogen) atoms. The normalized spacial score (nSPS) is 26.1. The summed E-state index contributed by atoms with van der Waals surface area (Å²) in [5.74, 6) is -0.600. The van der Waals surface area contributed by atoms with Crippen molar-refractivity contribution in [2.45, 2.75) is 59.9 Å². The first-order valence-corrected chi connectivity index (χ1v) is 7.17. The lowest BCUT2D eigenvalue weighted by Crippen LogP contribution is -2.52. The van der Waals surface area contributed by atoms with E-state index in [2.05, 4.69) is 27.7 Å². The fraction of sp³-hybridized carbons (Fsp3) is 0.867. The molecule has 110 valence electrons. The summed E-state index contributed by atoms with van der Waals surface area (Å²) in [5.41, 5.74) is 0.0653. The Morgan fingerprint density at radius 2 is 1.95 bits per heavy atom. The predicted molar refractivity (Wildman–Crippen MR) is 74.8 cm³/mol. The summed E-state index contributed by atoms with van der Waals surface area (Å²) in [6.07, 6.45) is 2.22. The molecular formula is C15H27NO3. The third-order valence-corrected chi connectivity index (χ3v) is 4.47. The van der Waals surface area contributed by atoms with E-state index in [1.165, 1.54) is 0 Å². The number of hydrogen-bond donors (Lipinski definition) is 1. The largest absolute Gasteiger partial charge is 0.480 e. The molecule has 0 radical (unpaired) electrons. The molecule has 0 aromatic carbocycles. The molecule has 1 amide bonds. The average Bonchev–Trinajstić information content (AvgIpc) is 2.26. The topological polar surface area (TPSA) is 57.6 Å². The Hall–Kier alpha value is -1.06. The molecular weight excluding hydrogens is 242 g/mol. The van der Waals surface area contributed by atoms with Crippen molar-refractivity contribution in [2.24, 2.45) is 17.3 Å². The third kappa shape index (κ3) is 3.95. The van der Waals surface area contributed by atoms with Gasteiger partial charge in [0.05, 0.1) is 0 Å². The van der Waals surface area contributed by atoms with Crippen LogP contribution in [0.4, 0.5) is 0 Å². The van der Waals surface area contributed by atoms with E-state index in [0.717, 1.165) is 12.8 Å². The maximum atomic E-state index is 12.4. The predicted octanol–water partition coefficient (Wildman–Crippen LogP) is 2.77. The van der Waals surface area contributed by atoms with Gasteiger partial charge in [-0.2, -0.15) is 0 Å². The molecule has 0 bridgehead atoms. The molecule has 3 unspecified atom stereocenters. The van der Waals surface area contributed by atoms with Crippen molar-refractivity contribution in [3.8, 4) is 0 Å². The van der Waals surface area contributed by atoms with E-state index in [0.29, 0.717) is 13.0 Å². The molecule has 1 aliphatic heterocycles. The number of carbonyl (C=O) groups excluding carboxylic acids is 1. The SMILES string of the molecule is CC1CCCN(C(=O)CC(C)C(C)(C)C)C1C(=O)O. The van der Waals surface area contributed by atoms with Gasteiger partial charge in [-0.15, -0.1) is 0 Å². The van der Waals surface area contributed by atoms with Gasteiger partial charge in [-0.05, 0) is 30.1 Å². The first-order valence-electron chi connectivity index (χ1n) is 7.17. The Morgan fingerprint density at radius 3 is 2.42 bits per heavy atom. The first kappa shape index (κ1) is 16.0. The number of aliphatic carboxylic acids is 1. The van der Waals surface area contributed by atoms with Crippen molar-refractivity contribution in [3.63, 3.8) is 0 Å². The van der Waals surface area contributed by atoms with Crippen LogP contribution in [-0.2, 0) is 9.59 Å². The standard InChI is InChI=1S/C15H27NO3/c1-10-7-6-8-16(13(10)14(18)19)12(17)9-11(2)15(3,4)5/h10-11,13H,6-9H2,1-5H3,(H,18,19). The fourth-order valence-corrected chi connectivity index (χ4v) is 2.53. The number of amides is 1. The van der Waals surface area contributed by atoms with Crippen molar-refractivity contribution >= 4 is 11.9 Å². The van der Waals surface area contributed by atoms with Gasteiger partial charge in [0.25, 0.3) is 0 Å². The fourth-order valence-electron chi connectivity index (χ4n) is 2.53. The molecule has 1 N–H and O–H groups in total. The lowest BCUT2D eigenvalue weighted by atomic mass is 9.79. The molecule has 1 aliphatic rings. The molecule has 1 saturated heterocycles. The Labute approximate surface area is 116 Å². The number of carboxylic acids is 1. The lowest BCUT2D eigenvalue weighted by Gasteiger charge is -2.38. The van der Waals surface area contributed by atoms with E-state index >= 15 is 0 Å². The molecule has 1 heterocycles. The molecule has 4 nitrogen and oxygen atoms in total. The lowest BCUT2D eigenvalue weighted by molar-refractivity contribution is -0.155. The number of rotatable bonds is 3. The van der Waals surface area contributed by atoms with Gasteiger partial charge in [-0.3, -0.25) is 4.79 Å². The van der Waals surface area contributed by atoms with Crippen molar-refractivity contribution in [1.82, 2.24) is 4.90 Å². The van der Waals surface area contributed by atoms with Crippen LogP contribution in [0.3, 0.4) is 0 Å². The highest BCUT2D eigenvalue weighted by atomic mass is 16.4. The molecule has 0 aromatic rings. The van der Waals surface area contributed by atoms with Crippen LogP contribution in [0.2, 0.25) is 0 Å². The maximum Gasteiger partial charge on any atom is 0.326 e. The first-order chi connectivity index (χ1) is 8.64. The van der Waals surface area contributed by atoms with Gasteiger partial charge in [0.2, 0.25) is 5.91 Å². The van der Waals surface area contributed by atoms with Crippen molar-refractivity contribution in [3.05, 3.63) is 0 Å².